The highest BCUT2D eigenvalue weighted by atomic mass is 16.5. The minimum atomic E-state index is 0.383. The lowest BCUT2D eigenvalue weighted by molar-refractivity contribution is -0.0498. The molecule has 2 bridgehead atoms. The zero-order valence-electron chi connectivity index (χ0n) is 8.97. The van der Waals surface area contributed by atoms with Crippen LogP contribution in [0, 0.1) is 23.2 Å². The van der Waals surface area contributed by atoms with E-state index in [1.807, 2.05) is 0 Å². The Kier molecular flexibility index (Phi) is 2.03. The Hall–Kier alpha value is -0.300. The van der Waals surface area contributed by atoms with Crippen molar-refractivity contribution in [3.05, 3.63) is 12.2 Å². The third-order valence-electron chi connectivity index (χ3n) is 4.38. The second kappa shape index (κ2) is 2.84. The Labute approximate surface area is 81.2 Å². The van der Waals surface area contributed by atoms with Crippen molar-refractivity contribution in [2.75, 3.05) is 13.2 Å². The molecular formula is C12H20O. The van der Waals surface area contributed by atoms with Gasteiger partial charge in [-0.1, -0.05) is 32.9 Å². The van der Waals surface area contributed by atoms with Crippen LogP contribution in [0.25, 0.3) is 0 Å². The van der Waals surface area contributed by atoms with Crippen LogP contribution < -0.4 is 0 Å². The van der Waals surface area contributed by atoms with Crippen LogP contribution in [0.1, 0.15) is 27.2 Å². The van der Waals surface area contributed by atoms with Crippen LogP contribution in [0.3, 0.4) is 0 Å². The zero-order valence-corrected chi connectivity index (χ0v) is 8.97. The van der Waals surface area contributed by atoms with Gasteiger partial charge in [0.05, 0.1) is 13.2 Å². The smallest absolute Gasteiger partial charge is 0.0537 e. The van der Waals surface area contributed by atoms with Crippen molar-refractivity contribution in [1.82, 2.24) is 0 Å². The lowest BCUT2D eigenvalue weighted by Gasteiger charge is -2.51. The summed E-state index contributed by atoms with van der Waals surface area (Å²) < 4.78 is 5.63. The van der Waals surface area contributed by atoms with Gasteiger partial charge in [0.25, 0.3) is 0 Å². The van der Waals surface area contributed by atoms with Gasteiger partial charge in [-0.25, -0.2) is 0 Å². The molecule has 1 aliphatic carbocycles. The van der Waals surface area contributed by atoms with Crippen molar-refractivity contribution in [2.24, 2.45) is 23.2 Å². The molecule has 0 amide bonds. The average Bonchev–Trinajstić information content (AvgIpc) is 2.05. The molecule has 1 nitrogen and oxygen atoms in total. The summed E-state index contributed by atoms with van der Waals surface area (Å²) in [7, 11) is 0. The largest absolute Gasteiger partial charge is 0.380 e. The second-order valence-corrected chi connectivity index (χ2v) is 5.32. The maximum atomic E-state index is 5.63. The molecule has 2 aliphatic rings. The summed E-state index contributed by atoms with van der Waals surface area (Å²) >= 11 is 0. The Balaban J connectivity index is 2.29. The van der Waals surface area contributed by atoms with Gasteiger partial charge in [-0.3, -0.25) is 0 Å². The maximum Gasteiger partial charge on any atom is 0.0537 e. The molecule has 2 rings (SSSR count). The first-order chi connectivity index (χ1) is 6.03. The molecule has 0 radical (unpaired) electrons. The quantitative estimate of drug-likeness (QED) is 0.521. The molecule has 1 aliphatic heterocycles. The average molecular weight is 180 g/mol. The maximum absolute atomic E-state index is 5.63. The highest BCUT2D eigenvalue weighted by Crippen LogP contribution is 2.51. The van der Waals surface area contributed by atoms with Crippen molar-refractivity contribution < 1.29 is 4.74 Å². The number of ether oxygens (including phenoxy) is 1. The van der Waals surface area contributed by atoms with Crippen LogP contribution in [0.4, 0.5) is 0 Å². The van der Waals surface area contributed by atoms with E-state index in [4.69, 9.17) is 4.74 Å². The summed E-state index contributed by atoms with van der Waals surface area (Å²) in [6.07, 6.45) is 1.27. The predicted molar refractivity (Wildman–Crippen MR) is 54.5 cm³/mol. The summed E-state index contributed by atoms with van der Waals surface area (Å²) in [6.45, 7) is 13.1. The fourth-order valence-electron chi connectivity index (χ4n) is 2.81. The SMILES string of the molecule is C=C1C2COCC1C(C)(C)[C@H](C)C2. The standard InChI is InChI=1S/C12H20O/c1-8-5-10-6-13-7-11(9(10)2)12(8,3)4/h8,10-11H,2,5-7H2,1,3-4H3/t8-,10?,11?/m1/s1. The van der Waals surface area contributed by atoms with Gasteiger partial charge < -0.3 is 4.74 Å². The summed E-state index contributed by atoms with van der Waals surface area (Å²) in [5.41, 5.74) is 1.84. The number of fused-ring (bicyclic) bond motifs is 2. The summed E-state index contributed by atoms with van der Waals surface area (Å²) in [5.74, 6) is 2.04. The van der Waals surface area contributed by atoms with Crippen LogP contribution in [0.5, 0.6) is 0 Å². The van der Waals surface area contributed by atoms with Crippen LogP contribution in [-0.4, -0.2) is 13.2 Å². The van der Waals surface area contributed by atoms with Crippen molar-refractivity contribution in [3.63, 3.8) is 0 Å². The molecule has 0 aromatic heterocycles. The molecule has 1 saturated carbocycles. The molecule has 1 saturated heterocycles. The minimum Gasteiger partial charge on any atom is -0.380 e. The fraction of sp³-hybridized carbons (Fsp3) is 0.833. The van der Waals surface area contributed by atoms with Gasteiger partial charge in [-0.15, -0.1) is 0 Å². The van der Waals surface area contributed by atoms with E-state index in [1.54, 1.807) is 0 Å². The Bertz CT molecular complexity index is 229. The molecule has 0 aromatic rings. The topological polar surface area (TPSA) is 9.23 Å². The molecule has 13 heavy (non-hydrogen) atoms. The van der Waals surface area contributed by atoms with E-state index in [9.17, 15) is 0 Å². The number of rotatable bonds is 0. The summed E-state index contributed by atoms with van der Waals surface area (Å²) in [6, 6.07) is 0. The van der Waals surface area contributed by atoms with Crippen molar-refractivity contribution in [1.29, 1.82) is 0 Å². The van der Waals surface area contributed by atoms with E-state index < -0.39 is 0 Å². The van der Waals surface area contributed by atoms with Crippen LogP contribution >= 0.6 is 0 Å². The van der Waals surface area contributed by atoms with Crippen molar-refractivity contribution in [2.45, 2.75) is 27.2 Å². The second-order valence-electron chi connectivity index (χ2n) is 5.32. The summed E-state index contributed by atoms with van der Waals surface area (Å²) in [5, 5.41) is 0. The normalized spacial score (nSPS) is 43.3. The Morgan fingerprint density at radius 2 is 2.08 bits per heavy atom. The molecule has 3 atom stereocenters. The van der Waals surface area contributed by atoms with Gasteiger partial charge in [0, 0.05) is 11.8 Å². The minimum absolute atomic E-state index is 0.383. The molecule has 1 heterocycles. The number of hydrogen-bond acceptors (Lipinski definition) is 1. The Morgan fingerprint density at radius 3 is 2.77 bits per heavy atom. The molecule has 2 unspecified atom stereocenters. The molecule has 2 fully saturated rings. The number of hydrogen-bond donors (Lipinski definition) is 0. The first-order valence-corrected chi connectivity index (χ1v) is 5.30. The molecule has 74 valence electrons. The first kappa shape index (κ1) is 9.26. The van der Waals surface area contributed by atoms with E-state index in [-0.39, 0.29) is 0 Å². The van der Waals surface area contributed by atoms with Crippen LogP contribution in [0.15, 0.2) is 12.2 Å². The van der Waals surface area contributed by atoms with E-state index in [0.717, 1.165) is 19.1 Å². The highest BCUT2D eigenvalue weighted by Gasteiger charge is 2.45. The molecule has 0 aromatic carbocycles. The third kappa shape index (κ3) is 1.25. The van der Waals surface area contributed by atoms with Gasteiger partial charge in [-0.2, -0.15) is 0 Å². The van der Waals surface area contributed by atoms with Gasteiger partial charge in [-0.05, 0) is 17.8 Å². The Morgan fingerprint density at radius 1 is 1.38 bits per heavy atom. The van der Waals surface area contributed by atoms with E-state index >= 15 is 0 Å². The molecule has 1 heteroatoms. The van der Waals surface area contributed by atoms with Gasteiger partial charge in [0.1, 0.15) is 0 Å². The molecular weight excluding hydrogens is 160 g/mol. The van der Waals surface area contributed by atoms with Gasteiger partial charge >= 0.3 is 0 Å². The van der Waals surface area contributed by atoms with E-state index in [2.05, 4.69) is 27.4 Å². The zero-order chi connectivity index (χ0) is 9.64. The predicted octanol–water partition coefficient (Wildman–Crippen LogP) is 2.87. The lowest BCUT2D eigenvalue weighted by Crippen LogP contribution is -2.46. The first-order valence-electron chi connectivity index (χ1n) is 5.30. The lowest BCUT2D eigenvalue weighted by atomic mass is 9.57. The van der Waals surface area contributed by atoms with Crippen LogP contribution in [0.2, 0.25) is 0 Å². The van der Waals surface area contributed by atoms with Crippen molar-refractivity contribution >= 4 is 0 Å². The fourth-order valence-corrected chi connectivity index (χ4v) is 2.81. The van der Waals surface area contributed by atoms with E-state index in [1.165, 1.54) is 12.0 Å². The van der Waals surface area contributed by atoms with Crippen molar-refractivity contribution in [3.8, 4) is 0 Å². The monoisotopic (exact) mass is 180 g/mol. The highest BCUT2D eigenvalue weighted by molar-refractivity contribution is 5.17. The molecule has 0 N–H and O–H groups in total. The van der Waals surface area contributed by atoms with Gasteiger partial charge in [0.15, 0.2) is 0 Å². The van der Waals surface area contributed by atoms with E-state index in [0.29, 0.717) is 17.3 Å². The molecule has 0 spiro atoms. The summed E-state index contributed by atoms with van der Waals surface area (Å²) in [4.78, 5) is 0. The van der Waals surface area contributed by atoms with Crippen LogP contribution in [-0.2, 0) is 4.74 Å². The third-order valence-corrected chi connectivity index (χ3v) is 4.38. The van der Waals surface area contributed by atoms with Gasteiger partial charge in [0.2, 0.25) is 0 Å².